The van der Waals surface area contributed by atoms with Crippen molar-refractivity contribution < 1.29 is 4.52 Å². The highest BCUT2D eigenvalue weighted by molar-refractivity contribution is 5.05. The van der Waals surface area contributed by atoms with Crippen molar-refractivity contribution in [3.63, 3.8) is 0 Å². The molecule has 3 aromatic heterocycles. The van der Waals surface area contributed by atoms with Crippen LogP contribution >= 0.6 is 0 Å². The Morgan fingerprint density at radius 2 is 1.96 bits per heavy atom. The number of hydrogen-bond donors (Lipinski definition) is 0. The van der Waals surface area contributed by atoms with E-state index in [2.05, 4.69) is 46.4 Å². The summed E-state index contributed by atoms with van der Waals surface area (Å²) in [6.45, 7) is 7.25. The van der Waals surface area contributed by atoms with Crippen molar-refractivity contribution in [3.05, 3.63) is 41.6 Å². The highest BCUT2D eigenvalue weighted by Crippen LogP contribution is 2.27. The van der Waals surface area contributed by atoms with Gasteiger partial charge >= 0.3 is 0 Å². The van der Waals surface area contributed by atoms with Gasteiger partial charge in [-0.2, -0.15) is 4.98 Å². The molecular weight excluding hydrogens is 332 g/mol. The zero-order valence-electron chi connectivity index (χ0n) is 15.5. The van der Waals surface area contributed by atoms with Gasteiger partial charge in [-0.15, -0.1) is 10.2 Å². The fourth-order valence-electron chi connectivity index (χ4n) is 3.54. The Bertz CT molecular complexity index is 871. The van der Waals surface area contributed by atoms with Gasteiger partial charge < -0.3 is 13.7 Å². The van der Waals surface area contributed by atoms with Crippen LogP contribution in [-0.2, 0) is 20.1 Å². The van der Waals surface area contributed by atoms with Gasteiger partial charge in [0.15, 0.2) is 11.6 Å². The number of aryl methyl sites for hydroxylation is 2. The zero-order chi connectivity index (χ0) is 18.1. The molecule has 1 saturated heterocycles. The van der Waals surface area contributed by atoms with Crippen LogP contribution < -0.4 is 0 Å². The SMILES string of the molecule is Cc1noc(CN2CCC(c3nnc(Cn4ccnc4C)n3C)CC2)n1. The predicted octanol–water partition coefficient (Wildman–Crippen LogP) is 1.44. The number of piperidine rings is 1. The summed E-state index contributed by atoms with van der Waals surface area (Å²) >= 11 is 0. The molecule has 1 aliphatic rings. The van der Waals surface area contributed by atoms with E-state index in [1.165, 1.54) is 0 Å². The Labute approximate surface area is 152 Å². The average Bonchev–Trinajstić information content (AvgIpc) is 3.32. The maximum atomic E-state index is 5.22. The van der Waals surface area contributed by atoms with E-state index in [9.17, 15) is 0 Å². The van der Waals surface area contributed by atoms with E-state index in [1.807, 2.05) is 26.2 Å². The van der Waals surface area contributed by atoms with Gasteiger partial charge in [0, 0.05) is 25.4 Å². The Morgan fingerprint density at radius 3 is 2.62 bits per heavy atom. The molecule has 9 heteroatoms. The fraction of sp³-hybridized carbons (Fsp3) is 0.588. The zero-order valence-corrected chi connectivity index (χ0v) is 15.5. The second-order valence-corrected chi connectivity index (χ2v) is 6.92. The Kier molecular flexibility index (Phi) is 4.54. The first-order chi connectivity index (χ1) is 12.6. The third kappa shape index (κ3) is 3.39. The van der Waals surface area contributed by atoms with Crippen LogP contribution in [0.4, 0.5) is 0 Å². The van der Waals surface area contributed by atoms with Crippen molar-refractivity contribution in [2.75, 3.05) is 13.1 Å². The highest BCUT2D eigenvalue weighted by atomic mass is 16.5. The average molecular weight is 356 g/mol. The van der Waals surface area contributed by atoms with Crippen molar-refractivity contribution >= 4 is 0 Å². The van der Waals surface area contributed by atoms with Gasteiger partial charge in [-0.25, -0.2) is 4.98 Å². The minimum Gasteiger partial charge on any atom is -0.338 e. The molecule has 138 valence electrons. The van der Waals surface area contributed by atoms with Gasteiger partial charge in [0.2, 0.25) is 5.89 Å². The van der Waals surface area contributed by atoms with Crippen molar-refractivity contribution in [1.82, 2.24) is 39.4 Å². The topological polar surface area (TPSA) is 90.7 Å². The maximum Gasteiger partial charge on any atom is 0.240 e. The van der Waals surface area contributed by atoms with Crippen LogP contribution in [0.5, 0.6) is 0 Å². The Hall–Kier alpha value is -2.55. The van der Waals surface area contributed by atoms with Crippen molar-refractivity contribution in [3.8, 4) is 0 Å². The lowest BCUT2D eigenvalue weighted by atomic mass is 9.96. The van der Waals surface area contributed by atoms with E-state index < -0.39 is 0 Å². The van der Waals surface area contributed by atoms with Crippen LogP contribution in [0.15, 0.2) is 16.9 Å². The summed E-state index contributed by atoms with van der Waals surface area (Å²) in [5, 5.41) is 12.8. The van der Waals surface area contributed by atoms with E-state index in [4.69, 9.17) is 4.52 Å². The maximum absolute atomic E-state index is 5.22. The van der Waals surface area contributed by atoms with Crippen LogP contribution in [0, 0.1) is 13.8 Å². The van der Waals surface area contributed by atoms with E-state index in [0.29, 0.717) is 24.2 Å². The standard InChI is InChI=1S/C17H24N8O/c1-12-19-16(26-22-12)11-24-7-4-14(5-8-24)17-21-20-15(23(17)3)10-25-9-6-18-13(25)2/h6,9,14H,4-5,7-8,10-11H2,1-3H3. The van der Waals surface area contributed by atoms with E-state index in [0.717, 1.165) is 49.9 Å². The Balaban J connectivity index is 1.38. The summed E-state index contributed by atoms with van der Waals surface area (Å²) in [5.74, 6) is 4.84. The molecule has 9 nitrogen and oxygen atoms in total. The number of aromatic nitrogens is 7. The van der Waals surface area contributed by atoms with Crippen molar-refractivity contribution in [2.24, 2.45) is 7.05 Å². The van der Waals surface area contributed by atoms with Crippen LogP contribution in [0.2, 0.25) is 0 Å². The molecule has 1 aliphatic heterocycles. The van der Waals surface area contributed by atoms with Gasteiger partial charge in [-0.1, -0.05) is 5.16 Å². The molecule has 26 heavy (non-hydrogen) atoms. The molecular formula is C17H24N8O. The minimum atomic E-state index is 0.436. The molecule has 0 bridgehead atoms. The van der Waals surface area contributed by atoms with Gasteiger partial charge in [0.1, 0.15) is 11.6 Å². The van der Waals surface area contributed by atoms with E-state index in [-0.39, 0.29) is 0 Å². The van der Waals surface area contributed by atoms with Crippen LogP contribution in [0.3, 0.4) is 0 Å². The molecule has 4 heterocycles. The monoisotopic (exact) mass is 356 g/mol. The van der Waals surface area contributed by atoms with Crippen LogP contribution in [0.1, 0.15) is 47.9 Å². The number of imidazole rings is 1. The van der Waals surface area contributed by atoms with Crippen LogP contribution in [0.25, 0.3) is 0 Å². The lowest BCUT2D eigenvalue weighted by molar-refractivity contribution is 0.177. The molecule has 0 aliphatic carbocycles. The fourth-order valence-corrected chi connectivity index (χ4v) is 3.54. The van der Waals surface area contributed by atoms with Gasteiger partial charge in [-0.05, 0) is 39.8 Å². The van der Waals surface area contributed by atoms with Gasteiger partial charge in [0.05, 0.1) is 13.1 Å². The smallest absolute Gasteiger partial charge is 0.240 e. The molecule has 0 unspecified atom stereocenters. The van der Waals surface area contributed by atoms with E-state index >= 15 is 0 Å². The van der Waals surface area contributed by atoms with Gasteiger partial charge in [0.25, 0.3) is 0 Å². The second kappa shape index (κ2) is 6.99. The van der Waals surface area contributed by atoms with Crippen molar-refractivity contribution in [1.29, 1.82) is 0 Å². The molecule has 0 amide bonds. The lowest BCUT2D eigenvalue weighted by Gasteiger charge is -2.30. The van der Waals surface area contributed by atoms with Crippen molar-refractivity contribution in [2.45, 2.75) is 45.7 Å². The highest BCUT2D eigenvalue weighted by Gasteiger charge is 2.26. The van der Waals surface area contributed by atoms with E-state index in [1.54, 1.807) is 0 Å². The molecule has 4 rings (SSSR count). The largest absolute Gasteiger partial charge is 0.338 e. The molecule has 0 saturated carbocycles. The first-order valence-electron chi connectivity index (χ1n) is 8.97. The molecule has 0 N–H and O–H groups in total. The molecule has 0 atom stereocenters. The predicted molar refractivity (Wildman–Crippen MR) is 93.4 cm³/mol. The summed E-state index contributed by atoms with van der Waals surface area (Å²) in [6, 6.07) is 0. The normalized spacial score (nSPS) is 16.4. The lowest BCUT2D eigenvalue weighted by Crippen LogP contribution is -2.33. The summed E-state index contributed by atoms with van der Waals surface area (Å²) in [7, 11) is 2.06. The summed E-state index contributed by atoms with van der Waals surface area (Å²) in [5.41, 5.74) is 0. The number of likely N-dealkylation sites (tertiary alicyclic amines) is 1. The summed E-state index contributed by atoms with van der Waals surface area (Å²) in [6.07, 6.45) is 5.90. The first-order valence-corrected chi connectivity index (χ1v) is 8.97. The Morgan fingerprint density at radius 1 is 1.15 bits per heavy atom. The summed E-state index contributed by atoms with van der Waals surface area (Å²) in [4.78, 5) is 10.9. The quantitative estimate of drug-likeness (QED) is 0.683. The third-order valence-electron chi connectivity index (χ3n) is 5.12. The third-order valence-corrected chi connectivity index (χ3v) is 5.12. The molecule has 1 fully saturated rings. The number of rotatable bonds is 5. The van der Waals surface area contributed by atoms with Gasteiger partial charge in [-0.3, -0.25) is 4.90 Å². The molecule has 0 radical (unpaired) electrons. The number of hydrogen-bond acceptors (Lipinski definition) is 7. The molecule has 3 aromatic rings. The summed E-state index contributed by atoms with van der Waals surface area (Å²) < 4.78 is 9.45. The minimum absolute atomic E-state index is 0.436. The molecule has 0 aromatic carbocycles. The number of nitrogens with zero attached hydrogens (tertiary/aromatic N) is 8. The van der Waals surface area contributed by atoms with Crippen LogP contribution in [-0.4, -0.2) is 52.4 Å². The molecule has 0 spiro atoms. The second-order valence-electron chi connectivity index (χ2n) is 6.92. The first kappa shape index (κ1) is 16.9.